The van der Waals surface area contributed by atoms with E-state index >= 15 is 0 Å². The summed E-state index contributed by atoms with van der Waals surface area (Å²) in [5.41, 5.74) is 2.27. The van der Waals surface area contributed by atoms with Crippen molar-refractivity contribution in [2.24, 2.45) is 0 Å². The Kier molecular flexibility index (Phi) is 6.59. The number of pyridine rings is 1. The Bertz CT molecular complexity index is 1230. The van der Waals surface area contributed by atoms with Crippen LogP contribution in [0.3, 0.4) is 0 Å². The second-order valence-electron chi connectivity index (χ2n) is 8.30. The van der Waals surface area contributed by atoms with Crippen molar-refractivity contribution >= 4 is 23.3 Å². The zero-order valence-corrected chi connectivity index (χ0v) is 19.1. The number of ketones is 1. The minimum absolute atomic E-state index is 0.0210. The number of hydrogen-bond donors (Lipinski definition) is 1. The lowest BCUT2D eigenvalue weighted by molar-refractivity contribution is -0.132. The van der Waals surface area contributed by atoms with Crippen LogP contribution in [0.25, 0.3) is 5.76 Å². The summed E-state index contributed by atoms with van der Waals surface area (Å²) < 4.78 is 5.50. The number of amides is 1. The molecule has 1 atom stereocenters. The van der Waals surface area contributed by atoms with E-state index in [2.05, 4.69) is 25.4 Å². The Morgan fingerprint density at radius 1 is 1.09 bits per heavy atom. The number of carbonyl (C=O) groups is 2. The Morgan fingerprint density at radius 3 is 2.38 bits per heavy atom. The molecule has 3 aromatic rings. The summed E-state index contributed by atoms with van der Waals surface area (Å²) in [6.45, 7) is 8.17. The highest BCUT2D eigenvalue weighted by atomic mass is 16.5. The number of aromatic nitrogens is 1. The lowest BCUT2D eigenvalue weighted by Crippen LogP contribution is -2.30. The Hall–Kier alpha value is -4.19. The van der Waals surface area contributed by atoms with E-state index in [-0.39, 0.29) is 11.3 Å². The van der Waals surface area contributed by atoms with E-state index in [0.29, 0.717) is 35.2 Å². The molecule has 6 nitrogen and oxygen atoms in total. The number of ether oxygens (including phenoxy) is 1. The summed E-state index contributed by atoms with van der Waals surface area (Å²) in [5.74, 6) is -0.457. The van der Waals surface area contributed by atoms with Crippen LogP contribution in [0.15, 0.2) is 91.2 Å². The smallest absolute Gasteiger partial charge is 0.301 e. The molecule has 0 spiro atoms. The minimum Gasteiger partial charge on any atom is -0.507 e. The number of anilines is 1. The normalized spacial score (nSPS) is 17.3. The third-order valence-corrected chi connectivity index (χ3v) is 5.76. The molecular weight excluding hydrogens is 428 g/mol. The highest BCUT2D eigenvalue weighted by molar-refractivity contribution is 6.51. The van der Waals surface area contributed by atoms with Crippen molar-refractivity contribution in [3.63, 3.8) is 0 Å². The van der Waals surface area contributed by atoms with Crippen LogP contribution < -0.4 is 9.64 Å². The van der Waals surface area contributed by atoms with E-state index in [1.165, 1.54) is 4.90 Å². The predicted molar refractivity (Wildman–Crippen MR) is 132 cm³/mol. The van der Waals surface area contributed by atoms with E-state index in [0.717, 1.165) is 5.56 Å². The van der Waals surface area contributed by atoms with Gasteiger partial charge in [0.2, 0.25) is 0 Å². The second-order valence-corrected chi connectivity index (χ2v) is 8.30. The number of aliphatic hydroxyl groups is 1. The predicted octanol–water partition coefficient (Wildman–Crippen LogP) is 5.40. The van der Waals surface area contributed by atoms with Gasteiger partial charge in [-0.25, -0.2) is 4.98 Å². The molecule has 4 rings (SSSR count). The molecule has 1 aliphatic rings. The zero-order valence-electron chi connectivity index (χ0n) is 19.1. The van der Waals surface area contributed by atoms with E-state index in [1.807, 2.05) is 24.3 Å². The number of aliphatic hydroxyl groups excluding tert-OH is 1. The number of hydrogen-bond acceptors (Lipinski definition) is 5. The van der Waals surface area contributed by atoms with Gasteiger partial charge >= 0.3 is 5.91 Å². The third-order valence-electron chi connectivity index (χ3n) is 5.76. The molecule has 1 aliphatic heterocycles. The molecule has 2 heterocycles. The number of Topliss-reactive ketones (excluding diaryl/α,β-unsaturated/α-hetero) is 1. The molecule has 1 aromatic heterocycles. The van der Waals surface area contributed by atoms with Crippen molar-refractivity contribution < 1.29 is 19.4 Å². The molecule has 6 heteroatoms. The average molecular weight is 455 g/mol. The molecule has 2 aromatic carbocycles. The standard InChI is InChI=1S/C28H26N2O4/c1-4-17-34-22-14-12-21(13-15-22)26(31)24-25(20-10-8-19(9-11-20)18(2)3)30(28(33)27(24)32)23-7-5-6-16-29-23/h4-16,18,25,31H,1,17H2,2-3H3/t25-/m0/s1. The zero-order chi connectivity index (χ0) is 24.2. The van der Waals surface area contributed by atoms with Gasteiger partial charge in [0.05, 0.1) is 11.6 Å². The van der Waals surface area contributed by atoms with Gasteiger partial charge in [0, 0.05) is 11.8 Å². The fourth-order valence-corrected chi connectivity index (χ4v) is 3.96. The third kappa shape index (κ3) is 4.35. The van der Waals surface area contributed by atoms with Crippen LogP contribution in [0.1, 0.15) is 42.5 Å². The van der Waals surface area contributed by atoms with Gasteiger partial charge in [-0.2, -0.15) is 0 Å². The Labute approximate surface area is 198 Å². The fraction of sp³-hybridized carbons (Fsp3) is 0.179. The Balaban J connectivity index is 1.84. The van der Waals surface area contributed by atoms with E-state index in [9.17, 15) is 14.7 Å². The topological polar surface area (TPSA) is 79.7 Å². The molecule has 1 saturated heterocycles. The SMILES string of the molecule is C=CCOc1ccc(C(O)=C2C(=O)C(=O)N(c3ccccn3)[C@H]2c2ccc(C(C)C)cc2)cc1. The number of benzene rings is 2. The molecule has 0 radical (unpaired) electrons. The molecule has 34 heavy (non-hydrogen) atoms. The van der Waals surface area contributed by atoms with Gasteiger partial charge in [-0.3, -0.25) is 14.5 Å². The highest BCUT2D eigenvalue weighted by Crippen LogP contribution is 2.41. The van der Waals surface area contributed by atoms with Gasteiger partial charge in [-0.1, -0.05) is 56.8 Å². The first-order valence-electron chi connectivity index (χ1n) is 11.1. The van der Waals surface area contributed by atoms with E-state index in [1.54, 1.807) is 54.7 Å². The van der Waals surface area contributed by atoms with Gasteiger partial charge in [-0.15, -0.1) is 0 Å². The van der Waals surface area contributed by atoms with Crippen LogP contribution in [0.5, 0.6) is 5.75 Å². The first-order valence-corrected chi connectivity index (χ1v) is 11.1. The molecule has 172 valence electrons. The molecule has 0 unspecified atom stereocenters. The van der Waals surface area contributed by atoms with Crippen molar-refractivity contribution in [3.8, 4) is 5.75 Å². The number of nitrogens with zero attached hydrogens (tertiary/aromatic N) is 2. The minimum atomic E-state index is -0.812. The summed E-state index contributed by atoms with van der Waals surface area (Å²) in [6.07, 6.45) is 3.20. The molecule has 1 fully saturated rings. The van der Waals surface area contributed by atoms with Gasteiger partial charge in [0.15, 0.2) is 0 Å². The molecule has 0 bridgehead atoms. The number of carbonyl (C=O) groups excluding carboxylic acids is 2. The van der Waals surface area contributed by atoms with Crippen LogP contribution in [0.2, 0.25) is 0 Å². The summed E-state index contributed by atoms with van der Waals surface area (Å²) in [7, 11) is 0. The highest BCUT2D eigenvalue weighted by Gasteiger charge is 2.47. The molecule has 0 aliphatic carbocycles. The van der Waals surface area contributed by atoms with Gasteiger partial charge in [-0.05, 0) is 53.4 Å². The first kappa shape index (κ1) is 23.0. The summed E-state index contributed by atoms with van der Waals surface area (Å²) >= 11 is 0. The molecular formula is C28H26N2O4. The van der Waals surface area contributed by atoms with Crippen molar-refractivity contribution in [1.82, 2.24) is 4.98 Å². The maximum Gasteiger partial charge on any atom is 0.301 e. The summed E-state index contributed by atoms with van der Waals surface area (Å²) in [6, 6.07) is 18.8. The lowest BCUT2D eigenvalue weighted by Gasteiger charge is -2.24. The number of rotatable bonds is 7. The van der Waals surface area contributed by atoms with Crippen LogP contribution in [0.4, 0.5) is 5.82 Å². The van der Waals surface area contributed by atoms with Crippen molar-refractivity contribution in [1.29, 1.82) is 0 Å². The fourth-order valence-electron chi connectivity index (χ4n) is 3.96. The van der Waals surface area contributed by atoms with E-state index in [4.69, 9.17) is 4.74 Å². The van der Waals surface area contributed by atoms with Crippen molar-refractivity contribution in [3.05, 3.63) is 108 Å². The maximum atomic E-state index is 13.2. The molecule has 0 saturated carbocycles. The maximum absolute atomic E-state index is 13.2. The summed E-state index contributed by atoms with van der Waals surface area (Å²) in [4.78, 5) is 32.0. The van der Waals surface area contributed by atoms with Gasteiger partial charge in [0.25, 0.3) is 5.78 Å². The average Bonchev–Trinajstić information content (AvgIpc) is 3.13. The quantitative estimate of drug-likeness (QED) is 0.224. The van der Waals surface area contributed by atoms with Crippen LogP contribution in [-0.4, -0.2) is 28.4 Å². The van der Waals surface area contributed by atoms with Crippen LogP contribution in [0, 0.1) is 0 Å². The van der Waals surface area contributed by atoms with Crippen molar-refractivity contribution in [2.45, 2.75) is 25.8 Å². The second kappa shape index (κ2) is 9.75. The lowest BCUT2D eigenvalue weighted by atomic mass is 9.93. The van der Waals surface area contributed by atoms with Crippen LogP contribution in [-0.2, 0) is 9.59 Å². The molecule has 1 N–H and O–H groups in total. The monoisotopic (exact) mass is 454 g/mol. The first-order chi connectivity index (χ1) is 16.4. The Morgan fingerprint density at radius 2 is 1.79 bits per heavy atom. The molecule has 1 amide bonds. The van der Waals surface area contributed by atoms with Gasteiger partial charge in [0.1, 0.15) is 23.9 Å². The van der Waals surface area contributed by atoms with Crippen LogP contribution >= 0.6 is 0 Å². The van der Waals surface area contributed by atoms with Gasteiger partial charge < -0.3 is 9.84 Å². The summed E-state index contributed by atoms with van der Waals surface area (Å²) in [5, 5.41) is 11.2. The van der Waals surface area contributed by atoms with E-state index < -0.39 is 17.7 Å². The largest absolute Gasteiger partial charge is 0.507 e. The van der Waals surface area contributed by atoms with Crippen molar-refractivity contribution in [2.75, 3.05) is 11.5 Å².